The second-order valence-electron chi connectivity index (χ2n) is 8.15. The third-order valence-corrected chi connectivity index (χ3v) is 5.57. The van der Waals surface area contributed by atoms with E-state index in [4.69, 9.17) is 4.52 Å². The molecular weight excluding hydrogens is 404 g/mol. The predicted molar refractivity (Wildman–Crippen MR) is 122 cm³/mol. The zero-order valence-corrected chi connectivity index (χ0v) is 17.8. The lowest BCUT2D eigenvalue weighted by Crippen LogP contribution is -2.24. The largest absolute Gasteiger partial charge is 0.345 e. The molecule has 1 aliphatic carbocycles. The lowest BCUT2D eigenvalue weighted by Gasteiger charge is -2.15. The van der Waals surface area contributed by atoms with Crippen LogP contribution in [-0.2, 0) is 0 Å². The van der Waals surface area contributed by atoms with Crippen LogP contribution >= 0.6 is 0 Å². The Hall–Kier alpha value is -4.00. The monoisotopic (exact) mass is 426 g/mol. The van der Waals surface area contributed by atoms with Crippen molar-refractivity contribution in [1.29, 1.82) is 0 Å². The van der Waals surface area contributed by atoms with Crippen molar-refractivity contribution in [2.24, 2.45) is 0 Å². The molecule has 2 heterocycles. The zero-order chi connectivity index (χ0) is 22.2. The van der Waals surface area contributed by atoms with Gasteiger partial charge in [-0.05, 0) is 31.0 Å². The first kappa shape index (κ1) is 19.9. The van der Waals surface area contributed by atoms with Crippen molar-refractivity contribution in [3.63, 3.8) is 0 Å². The minimum absolute atomic E-state index is 0.186. The Bertz CT molecular complexity index is 1320. The van der Waals surface area contributed by atoms with Crippen molar-refractivity contribution >= 4 is 28.6 Å². The number of nitrogens with zero attached hydrogens (tertiary/aromatic N) is 3. The van der Waals surface area contributed by atoms with Gasteiger partial charge < -0.3 is 14.7 Å². The summed E-state index contributed by atoms with van der Waals surface area (Å²) in [5.41, 5.74) is 3.89. The fourth-order valence-corrected chi connectivity index (χ4v) is 3.74. The van der Waals surface area contributed by atoms with Crippen molar-refractivity contribution in [1.82, 2.24) is 15.0 Å². The SMILES string of the molecule is CN(C)C(=O)c1ccccc1NC(=O)c1cc(C2CC2)nc2onc(-c3ccccc3)c12. The maximum Gasteiger partial charge on any atom is 0.259 e. The molecule has 0 unspecified atom stereocenters. The molecule has 7 nitrogen and oxygen atoms in total. The van der Waals surface area contributed by atoms with Gasteiger partial charge in [0.15, 0.2) is 0 Å². The Labute approximate surface area is 185 Å². The van der Waals surface area contributed by atoms with Gasteiger partial charge >= 0.3 is 0 Å². The molecular formula is C25H22N4O3. The number of aromatic nitrogens is 2. The van der Waals surface area contributed by atoms with Crippen molar-refractivity contribution in [2.45, 2.75) is 18.8 Å². The highest BCUT2D eigenvalue weighted by Gasteiger charge is 2.29. The number of carbonyl (C=O) groups excluding carboxylic acids is 2. The molecule has 1 aliphatic rings. The molecule has 5 rings (SSSR count). The molecule has 1 fully saturated rings. The molecule has 2 amide bonds. The van der Waals surface area contributed by atoms with Gasteiger partial charge in [0.05, 0.1) is 22.2 Å². The number of hydrogen-bond donors (Lipinski definition) is 1. The highest BCUT2D eigenvalue weighted by Crippen LogP contribution is 2.41. The standard InChI is InChI=1S/C25H22N4O3/c1-29(2)25(31)17-10-6-7-11-19(17)26-23(30)18-14-20(15-12-13-15)27-24-21(18)22(28-32-24)16-8-4-3-5-9-16/h3-11,14-15H,12-13H2,1-2H3,(H,26,30). The van der Waals surface area contributed by atoms with Gasteiger partial charge in [0, 0.05) is 31.3 Å². The van der Waals surface area contributed by atoms with E-state index in [-0.39, 0.29) is 11.8 Å². The summed E-state index contributed by atoms with van der Waals surface area (Å²) in [5.74, 6) is -0.188. The van der Waals surface area contributed by atoms with E-state index in [1.54, 1.807) is 38.4 Å². The number of nitrogens with one attached hydrogen (secondary N) is 1. The first-order valence-electron chi connectivity index (χ1n) is 10.5. The highest BCUT2D eigenvalue weighted by molar-refractivity contribution is 6.16. The van der Waals surface area contributed by atoms with Crippen LogP contribution in [0, 0.1) is 0 Å². The summed E-state index contributed by atoms with van der Waals surface area (Å²) >= 11 is 0. The Kier molecular flexibility index (Phi) is 4.93. The quantitative estimate of drug-likeness (QED) is 0.499. The molecule has 2 aromatic carbocycles. The minimum Gasteiger partial charge on any atom is -0.345 e. The maximum absolute atomic E-state index is 13.5. The van der Waals surface area contributed by atoms with Crippen LogP contribution in [0.3, 0.4) is 0 Å². The molecule has 4 aromatic rings. The summed E-state index contributed by atoms with van der Waals surface area (Å²) < 4.78 is 5.55. The molecule has 7 heteroatoms. The fourth-order valence-electron chi connectivity index (χ4n) is 3.74. The van der Waals surface area contributed by atoms with E-state index < -0.39 is 0 Å². The average molecular weight is 426 g/mol. The van der Waals surface area contributed by atoms with Crippen molar-refractivity contribution < 1.29 is 14.1 Å². The molecule has 0 radical (unpaired) electrons. The van der Waals surface area contributed by atoms with Crippen molar-refractivity contribution in [3.05, 3.63) is 77.5 Å². The van der Waals surface area contributed by atoms with Gasteiger partial charge in [0.1, 0.15) is 5.69 Å². The molecule has 0 saturated heterocycles. The van der Waals surface area contributed by atoms with Gasteiger partial charge in [0.25, 0.3) is 17.5 Å². The van der Waals surface area contributed by atoms with Crippen LogP contribution in [0.25, 0.3) is 22.4 Å². The smallest absolute Gasteiger partial charge is 0.259 e. The lowest BCUT2D eigenvalue weighted by atomic mass is 10.0. The van der Waals surface area contributed by atoms with Gasteiger partial charge in [0.2, 0.25) is 0 Å². The molecule has 32 heavy (non-hydrogen) atoms. The van der Waals surface area contributed by atoms with E-state index in [1.165, 1.54) is 4.90 Å². The van der Waals surface area contributed by atoms with Gasteiger partial charge in [-0.25, -0.2) is 4.98 Å². The third-order valence-electron chi connectivity index (χ3n) is 5.57. The summed E-state index contributed by atoms with van der Waals surface area (Å²) in [6.45, 7) is 0. The number of pyridine rings is 1. The van der Waals surface area contributed by atoms with Crippen LogP contribution in [0.15, 0.2) is 65.2 Å². The Balaban J connectivity index is 1.61. The van der Waals surface area contributed by atoms with Gasteiger partial charge in [-0.1, -0.05) is 47.6 Å². The number of anilines is 1. The lowest BCUT2D eigenvalue weighted by molar-refractivity contribution is 0.0828. The third kappa shape index (κ3) is 3.62. The number of fused-ring (bicyclic) bond motifs is 1. The van der Waals surface area contributed by atoms with E-state index in [1.807, 2.05) is 36.4 Å². The highest BCUT2D eigenvalue weighted by atomic mass is 16.5. The van der Waals surface area contributed by atoms with Crippen LogP contribution < -0.4 is 5.32 Å². The number of para-hydroxylation sites is 1. The molecule has 0 atom stereocenters. The topological polar surface area (TPSA) is 88.3 Å². The second-order valence-corrected chi connectivity index (χ2v) is 8.15. The summed E-state index contributed by atoms with van der Waals surface area (Å²) in [5, 5.41) is 7.72. The fraction of sp³-hybridized carbons (Fsp3) is 0.200. The molecule has 160 valence electrons. The molecule has 1 saturated carbocycles. The Morgan fingerprint density at radius 3 is 2.44 bits per heavy atom. The Morgan fingerprint density at radius 1 is 1.00 bits per heavy atom. The van der Waals surface area contributed by atoms with Gasteiger partial charge in [-0.3, -0.25) is 9.59 Å². The van der Waals surface area contributed by atoms with Crippen molar-refractivity contribution in [2.75, 3.05) is 19.4 Å². The summed E-state index contributed by atoms with van der Waals surface area (Å²) in [7, 11) is 3.36. The summed E-state index contributed by atoms with van der Waals surface area (Å²) in [6.07, 6.45) is 2.08. The van der Waals surface area contributed by atoms with Crippen LogP contribution in [-0.4, -0.2) is 41.0 Å². The van der Waals surface area contributed by atoms with E-state index in [2.05, 4.69) is 15.5 Å². The van der Waals surface area contributed by atoms with Gasteiger partial charge in [-0.2, -0.15) is 0 Å². The maximum atomic E-state index is 13.5. The number of benzene rings is 2. The van der Waals surface area contributed by atoms with Crippen molar-refractivity contribution in [3.8, 4) is 11.3 Å². The number of hydrogen-bond acceptors (Lipinski definition) is 5. The molecule has 0 bridgehead atoms. The average Bonchev–Trinajstić information content (AvgIpc) is 3.58. The zero-order valence-electron chi connectivity index (χ0n) is 17.8. The molecule has 0 aliphatic heterocycles. The van der Waals surface area contributed by atoms with Crippen LogP contribution in [0.5, 0.6) is 0 Å². The minimum atomic E-state index is -0.335. The van der Waals surface area contributed by atoms with Crippen LogP contribution in [0.1, 0.15) is 45.2 Å². The van der Waals surface area contributed by atoms with Crippen LogP contribution in [0.2, 0.25) is 0 Å². The number of rotatable bonds is 5. The Morgan fingerprint density at radius 2 is 1.72 bits per heavy atom. The van der Waals surface area contributed by atoms with Crippen LogP contribution in [0.4, 0.5) is 5.69 Å². The first-order chi connectivity index (χ1) is 15.5. The van der Waals surface area contributed by atoms with E-state index in [0.29, 0.717) is 39.5 Å². The second kappa shape index (κ2) is 7.92. The summed E-state index contributed by atoms with van der Waals surface area (Å²) in [6, 6.07) is 18.4. The molecule has 0 spiro atoms. The summed E-state index contributed by atoms with van der Waals surface area (Å²) in [4.78, 5) is 32.2. The predicted octanol–water partition coefficient (Wildman–Crippen LogP) is 4.72. The van der Waals surface area contributed by atoms with Gasteiger partial charge in [-0.15, -0.1) is 0 Å². The number of amides is 2. The normalized spacial score (nSPS) is 13.2. The van der Waals surface area contributed by atoms with E-state index >= 15 is 0 Å². The molecule has 1 N–H and O–H groups in total. The molecule has 2 aromatic heterocycles. The van der Waals surface area contributed by atoms with E-state index in [0.717, 1.165) is 24.1 Å². The number of carbonyl (C=O) groups is 2. The first-order valence-corrected chi connectivity index (χ1v) is 10.5. The van der Waals surface area contributed by atoms with E-state index in [9.17, 15) is 9.59 Å².